The fraction of sp³-hybridized carbons (Fsp3) is 0.333. The first-order valence-corrected chi connectivity index (χ1v) is 15.9. The molecule has 13 nitrogen and oxygen atoms in total. The molecule has 0 spiro atoms. The number of aliphatic hydroxyl groups is 1. The third-order valence-electron chi connectivity index (χ3n) is 9.19. The molecule has 4 heterocycles. The molecule has 4 atom stereocenters. The summed E-state index contributed by atoms with van der Waals surface area (Å²) in [6.07, 6.45) is -1.39. The van der Waals surface area contributed by atoms with Gasteiger partial charge >= 0.3 is 0 Å². The van der Waals surface area contributed by atoms with E-state index in [1.54, 1.807) is 32.6 Å². The van der Waals surface area contributed by atoms with E-state index in [1.165, 1.54) is 6.33 Å². The van der Waals surface area contributed by atoms with Crippen molar-refractivity contribution in [2.45, 2.75) is 43.5 Å². The van der Waals surface area contributed by atoms with Gasteiger partial charge in [-0.1, -0.05) is 68.4 Å². The Balaban J connectivity index is 1.27. The zero-order valence-electron chi connectivity index (χ0n) is 27.5. The molecule has 2 saturated heterocycles. The first-order valence-electron chi connectivity index (χ1n) is 15.9. The number of rotatable bonds is 11. The molecule has 254 valence electrons. The number of carbonyl (C=O) groups is 1. The van der Waals surface area contributed by atoms with Crippen LogP contribution in [0.5, 0.6) is 11.5 Å². The number of hydrogen-bond acceptors (Lipinski definition) is 10. The second-order valence-electron chi connectivity index (χ2n) is 12.5. The Labute approximate surface area is 281 Å². The lowest BCUT2D eigenvalue weighted by Gasteiger charge is -2.39. The Morgan fingerprint density at radius 1 is 1.02 bits per heavy atom. The first-order chi connectivity index (χ1) is 23.7. The van der Waals surface area contributed by atoms with E-state index in [9.17, 15) is 14.7 Å². The number of ether oxygens (including phenoxy) is 5. The van der Waals surface area contributed by atoms with Gasteiger partial charge in [0, 0.05) is 5.92 Å². The van der Waals surface area contributed by atoms with Crippen molar-refractivity contribution in [1.29, 1.82) is 0 Å². The maximum absolute atomic E-state index is 12.9. The van der Waals surface area contributed by atoms with Gasteiger partial charge in [0.05, 0.1) is 33.8 Å². The van der Waals surface area contributed by atoms with E-state index in [-0.39, 0.29) is 42.2 Å². The van der Waals surface area contributed by atoms with E-state index in [0.717, 1.165) is 16.7 Å². The van der Waals surface area contributed by atoms with Crippen LogP contribution in [0.4, 0.5) is 5.95 Å². The summed E-state index contributed by atoms with van der Waals surface area (Å²) in [5, 5.41) is 14.3. The fourth-order valence-corrected chi connectivity index (χ4v) is 6.48. The molecule has 2 aliphatic rings. The third-order valence-corrected chi connectivity index (χ3v) is 9.19. The number of nitrogens with zero attached hydrogens (tertiary/aromatic N) is 3. The van der Waals surface area contributed by atoms with E-state index < -0.39 is 35.2 Å². The lowest BCUT2D eigenvalue weighted by molar-refractivity contribution is -0.202. The summed E-state index contributed by atoms with van der Waals surface area (Å²) < 4.78 is 32.3. The minimum absolute atomic E-state index is 0.0211. The van der Waals surface area contributed by atoms with Crippen molar-refractivity contribution < 1.29 is 33.6 Å². The number of nitrogens with one attached hydrogen (secondary N) is 2. The number of imidazole rings is 1. The van der Waals surface area contributed by atoms with Crippen molar-refractivity contribution in [2.24, 2.45) is 5.92 Å². The molecule has 0 radical (unpaired) electrons. The molecule has 49 heavy (non-hydrogen) atoms. The molecule has 13 heteroatoms. The molecule has 3 N–H and O–H groups in total. The molecule has 2 aliphatic heterocycles. The largest absolute Gasteiger partial charge is 0.497 e. The third kappa shape index (κ3) is 5.54. The van der Waals surface area contributed by atoms with Gasteiger partial charge in [-0.15, -0.1) is 0 Å². The van der Waals surface area contributed by atoms with Gasteiger partial charge in [0.15, 0.2) is 17.4 Å². The van der Waals surface area contributed by atoms with Crippen LogP contribution >= 0.6 is 0 Å². The van der Waals surface area contributed by atoms with E-state index in [0.29, 0.717) is 11.5 Å². The minimum Gasteiger partial charge on any atom is -0.497 e. The van der Waals surface area contributed by atoms with Gasteiger partial charge in [-0.25, -0.2) is 4.98 Å². The minimum atomic E-state index is -1.29. The molecule has 3 aromatic carbocycles. The lowest BCUT2D eigenvalue weighted by atomic mass is 9.79. The van der Waals surface area contributed by atoms with Crippen molar-refractivity contribution in [1.82, 2.24) is 19.5 Å². The van der Waals surface area contributed by atoms with Crippen LogP contribution < -0.4 is 20.3 Å². The fourth-order valence-electron chi connectivity index (χ4n) is 6.48. The average molecular weight is 668 g/mol. The van der Waals surface area contributed by atoms with Crippen molar-refractivity contribution in [2.75, 3.05) is 32.8 Å². The highest BCUT2D eigenvalue weighted by atomic mass is 16.7. The number of H-pyrrole nitrogens is 1. The van der Waals surface area contributed by atoms with Crippen molar-refractivity contribution >= 4 is 23.0 Å². The Hall–Kier alpha value is -5.08. The number of aliphatic hydroxyl groups excluding tert-OH is 1. The van der Waals surface area contributed by atoms with Gasteiger partial charge in [0.2, 0.25) is 11.9 Å². The molecule has 0 aliphatic carbocycles. The Morgan fingerprint density at radius 3 is 2.22 bits per heavy atom. The molecule has 1 amide bonds. The molecular formula is C36H37N5O8. The molecule has 2 fully saturated rings. The number of aromatic amines is 1. The number of benzene rings is 3. The van der Waals surface area contributed by atoms with Crippen LogP contribution in [-0.4, -0.2) is 75.8 Å². The number of aromatic nitrogens is 4. The predicted octanol–water partition coefficient (Wildman–Crippen LogP) is 3.77. The lowest BCUT2D eigenvalue weighted by Crippen LogP contribution is -2.48. The molecule has 4 unspecified atom stereocenters. The predicted molar refractivity (Wildman–Crippen MR) is 178 cm³/mol. The van der Waals surface area contributed by atoms with Crippen LogP contribution in [0.1, 0.15) is 36.8 Å². The van der Waals surface area contributed by atoms with Gasteiger partial charge in [0.1, 0.15) is 34.9 Å². The summed E-state index contributed by atoms with van der Waals surface area (Å²) in [5.41, 5.74) is -0.271. The highest BCUT2D eigenvalue weighted by Gasteiger charge is 2.63. The first kappa shape index (κ1) is 32.5. The highest BCUT2D eigenvalue weighted by Crippen LogP contribution is 2.48. The highest BCUT2D eigenvalue weighted by molar-refractivity contribution is 5.91. The van der Waals surface area contributed by atoms with Crippen molar-refractivity contribution in [3.05, 3.63) is 112 Å². The Kier molecular flexibility index (Phi) is 8.45. The number of carbonyl (C=O) groups excluding carboxylic acids is 1. The van der Waals surface area contributed by atoms with Crippen LogP contribution in [0.15, 0.2) is 90.0 Å². The monoisotopic (exact) mass is 667 g/mol. The molecule has 5 aromatic rings. The average Bonchev–Trinajstić information content (AvgIpc) is 3.78. The zero-order chi connectivity index (χ0) is 34.3. The molecule has 0 saturated carbocycles. The normalized spacial score (nSPS) is 21.7. The van der Waals surface area contributed by atoms with Gasteiger partial charge in [-0.05, 0) is 41.0 Å². The molecule has 2 bridgehead atoms. The number of hydrogen-bond donors (Lipinski definition) is 3. The van der Waals surface area contributed by atoms with E-state index in [4.69, 9.17) is 23.7 Å². The number of fused-ring (bicyclic) bond motifs is 3. The summed E-state index contributed by atoms with van der Waals surface area (Å²) in [6.45, 7) is 3.44. The van der Waals surface area contributed by atoms with Crippen LogP contribution in [0.2, 0.25) is 0 Å². The zero-order valence-corrected chi connectivity index (χ0v) is 27.5. The van der Waals surface area contributed by atoms with Gasteiger partial charge < -0.3 is 28.8 Å². The summed E-state index contributed by atoms with van der Waals surface area (Å²) in [7, 11) is 3.23. The number of amides is 1. The smallest absolute Gasteiger partial charge is 0.280 e. The van der Waals surface area contributed by atoms with Crippen LogP contribution in [0.25, 0.3) is 11.2 Å². The van der Waals surface area contributed by atoms with E-state index in [1.807, 2.05) is 78.9 Å². The van der Waals surface area contributed by atoms with Gasteiger partial charge in [-0.2, -0.15) is 4.98 Å². The molecule has 7 rings (SSSR count). The maximum atomic E-state index is 12.9. The summed E-state index contributed by atoms with van der Waals surface area (Å²) >= 11 is 0. The number of anilines is 1. The number of methoxy groups -OCH3 is 2. The molecule has 2 aromatic heterocycles. The van der Waals surface area contributed by atoms with Gasteiger partial charge in [0.25, 0.3) is 5.56 Å². The molecular weight excluding hydrogens is 630 g/mol. The summed E-state index contributed by atoms with van der Waals surface area (Å²) in [5.74, 6) is 0.718. The standard InChI is InChI=1S/C36H37N5O8/c1-21(2)31(43)39-34-38-30-27(32(44)40-34)37-20-41(30)33-28-29(42)35(49-33,18-47-28)19-48-36(22-8-6-5-7-9-22,23-10-14-25(45-3)15-11-23)24-12-16-26(46-4)17-13-24/h5-17,20-21,28-29,33,42H,18-19H2,1-4H3,(H2,38,39,40,43,44). The van der Waals surface area contributed by atoms with E-state index in [2.05, 4.69) is 20.3 Å². The van der Waals surface area contributed by atoms with Crippen molar-refractivity contribution in [3.8, 4) is 11.5 Å². The second-order valence-corrected chi connectivity index (χ2v) is 12.5. The van der Waals surface area contributed by atoms with Crippen molar-refractivity contribution in [3.63, 3.8) is 0 Å². The van der Waals surface area contributed by atoms with Crippen LogP contribution in [0, 0.1) is 5.92 Å². The quantitative estimate of drug-likeness (QED) is 0.177. The second kappa shape index (κ2) is 12.7. The van der Waals surface area contributed by atoms with Gasteiger partial charge in [-0.3, -0.25) is 24.5 Å². The summed E-state index contributed by atoms with van der Waals surface area (Å²) in [4.78, 5) is 36.5. The summed E-state index contributed by atoms with van der Waals surface area (Å²) in [6, 6.07) is 25.1. The topological polar surface area (TPSA) is 159 Å². The Morgan fingerprint density at radius 2 is 1.63 bits per heavy atom. The Bertz CT molecular complexity index is 1960. The maximum Gasteiger partial charge on any atom is 0.280 e. The van der Waals surface area contributed by atoms with E-state index >= 15 is 0 Å². The SMILES string of the molecule is COc1ccc(C(OCC23COC(C(n4cnc5c(=O)[nH]c(NC(=O)C(C)C)nc54)O2)C3O)(c2ccccc2)c2ccc(OC)cc2)cc1. The van der Waals surface area contributed by atoms with Crippen LogP contribution in [0.3, 0.4) is 0 Å². The van der Waals surface area contributed by atoms with Crippen LogP contribution in [-0.2, 0) is 24.6 Å².